The maximum atomic E-state index is 6.25. The van der Waals surface area contributed by atoms with Gasteiger partial charge in [0.1, 0.15) is 5.03 Å². The van der Waals surface area contributed by atoms with Crippen LogP contribution in [0.5, 0.6) is 0 Å². The molecular weight excluding hydrogens is 332 g/mol. The third-order valence-electron chi connectivity index (χ3n) is 3.07. The Kier molecular flexibility index (Phi) is 6.07. The molecular formula is C16H19BrN2S. The molecule has 2 rings (SSSR count). The maximum absolute atomic E-state index is 6.25. The van der Waals surface area contributed by atoms with Crippen molar-refractivity contribution in [1.29, 1.82) is 0 Å². The molecule has 0 aliphatic heterocycles. The van der Waals surface area contributed by atoms with Crippen molar-refractivity contribution in [2.24, 2.45) is 5.73 Å². The van der Waals surface area contributed by atoms with E-state index >= 15 is 0 Å². The van der Waals surface area contributed by atoms with E-state index in [-0.39, 0.29) is 6.04 Å². The number of nitrogens with zero attached hydrogens (tertiary/aromatic N) is 1. The summed E-state index contributed by atoms with van der Waals surface area (Å²) < 4.78 is 1.02. The molecule has 2 aromatic rings. The molecule has 2 N–H and O–H groups in total. The average molecular weight is 351 g/mol. The Hall–Kier alpha value is -0.840. The van der Waals surface area contributed by atoms with Gasteiger partial charge < -0.3 is 5.73 Å². The Bertz CT molecular complexity index is 542. The van der Waals surface area contributed by atoms with E-state index in [9.17, 15) is 0 Å². The van der Waals surface area contributed by atoms with E-state index in [2.05, 4.69) is 52.1 Å². The van der Waals surface area contributed by atoms with Gasteiger partial charge in [-0.1, -0.05) is 37.6 Å². The van der Waals surface area contributed by atoms with Crippen LogP contribution in [0.15, 0.2) is 52.1 Å². The second-order valence-electron chi connectivity index (χ2n) is 4.70. The van der Waals surface area contributed by atoms with Crippen LogP contribution in [-0.2, 0) is 6.42 Å². The second-order valence-corrected chi connectivity index (χ2v) is 6.56. The van der Waals surface area contributed by atoms with Gasteiger partial charge in [0.05, 0.1) is 0 Å². The van der Waals surface area contributed by atoms with Crippen LogP contribution in [0, 0.1) is 0 Å². The lowest BCUT2D eigenvalue weighted by atomic mass is 10.0. The van der Waals surface area contributed by atoms with E-state index in [1.54, 1.807) is 18.0 Å². The summed E-state index contributed by atoms with van der Waals surface area (Å²) in [5.41, 5.74) is 8.82. The van der Waals surface area contributed by atoms with Gasteiger partial charge in [-0.3, -0.25) is 0 Å². The maximum Gasteiger partial charge on any atom is 0.110 e. The van der Waals surface area contributed by atoms with Gasteiger partial charge in [0.15, 0.2) is 0 Å². The predicted molar refractivity (Wildman–Crippen MR) is 90.0 cm³/mol. The molecule has 0 saturated carbocycles. The summed E-state index contributed by atoms with van der Waals surface area (Å²) in [6.07, 6.45) is 4.11. The lowest BCUT2D eigenvalue weighted by Gasteiger charge is -2.12. The van der Waals surface area contributed by atoms with E-state index in [1.807, 2.05) is 12.1 Å². The number of rotatable bonds is 6. The molecule has 20 heavy (non-hydrogen) atoms. The summed E-state index contributed by atoms with van der Waals surface area (Å²) in [6, 6.07) is 12.6. The Morgan fingerprint density at radius 3 is 2.65 bits per heavy atom. The zero-order chi connectivity index (χ0) is 14.4. The fraction of sp³-hybridized carbons (Fsp3) is 0.312. The lowest BCUT2D eigenvalue weighted by molar-refractivity contribution is 0.826. The standard InChI is InChI=1S/C16H19BrN2S/c1-2-4-12-6-8-13(9-7-12)15(18)11-20-16-14(17)5-3-10-19-16/h3,5-10,15H,2,4,11,18H2,1H3. The Morgan fingerprint density at radius 2 is 2.00 bits per heavy atom. The van der Waals surface area contributed by atoms with Crippen LogP contribution >= 0.6 is 27.7 Å². The van der Waals surface area contributed by atoms with Gasteiger partial charge in [0.25, 0.3) is 0 Å². The molecule has 0 radical (unpaired) electrons. The molecule has 1 aromatic heterocycles. The van der Waals surface area contributed by atoms with Crippen LogP contribution in [-0.4, -0.2) is 10.7 Å². The van der Waals surface area contributed by atoms with Crippen LogP contribution < -0.4 is 5.73 Å². The fourth-order valence-corrected chi connectivity index (χ4v) is 3.43. The molecule has 1 aromatic carbocycles. The van der Waals surface area contributed by atoms with Crippen molar-refractivity contribution < 1.29 is 0 Å². The molecule has 0 fully saturated rings. The number of hydrogen-bond acceptors (Lipinski definition) is 3. The first kappa shape index (κ1) is 15.5. The molecule has 4 heteroatoms. The molecule has 106 valence electrons. The van der Waals surface area contributed by atoms with Crippen LogP contribution in [0.4, 0.5) is 0 Å². The van der Waals surface area contributed by atoms with Crippen molar-refractivity contribution in [2.45, 2.75) is 30.8 Å². The summed E-state index contributed by atoms with van der Waals surface area (Å²) in [5, 5.41) is 0.991. The fourth-order valence-electron chi connectivity index (χ4n) is 1.96. The van der Waals surface area contributed by atoms with Crippen molar-refractivity contribution in [3.63, 3.8) is 0 Å². The van der Waals surface area contributed by atoms with Crippen LogP contribution in [0.3, 0.4) is 0 Å². The molecule has 1 heterocycles. The average Bonchev–Trinajstić information content (AvgIpc) is 2.47. The summed E-state index contributed by atoms with van der Waals surface area (Å²) in [6.45, 7) is 2.20. The number of pyridine rings is 1. The smallest absolute Gasteiger partial charge is 0.110 e. The normalized spacial score (nSPS) is 12.3. The highest BCUT2D eigenvalue weighted by molar-refractivity contribution is 9.10. The zero-order valence-corrected chi connectivity index (χ0v) is 14.0. The molecule has 0 aliphatic carbocycles. The van der Waals surface area contributed by atoms with E-state index in [1.165, 1.54) is 17.5 Å². The van der Waals surface area contributed by atoms with Crippen molar-refractivity contribution in [3.8, 4) is 0 Å². The van der Waals surface area contributed by atoms with Crippen molar-refractivity contribution in [2.75, 3.05) is 5.75 Å². The summed E-state index contributed by atoms with van der Waals surface area (Å²) in [5.74, 6) is 0.822. The predicted octanol–water partition coefficient (Wildman–Crippen LogP) is 4.59. The summed E-state index contributed by atoms with van der Waals surface area (Å²) in [4.78, 5) is 4.34. The molecule has 2 nitrogen and oxygen atoms in total. The second kappa shape index (κ2) is 7.81. The van der Waals surface area contributed by atoms with Gasteiger partial charge in [-0.2, -0.15) is 0 Å². The minimum absolute atomic E-state index is 0.0320. The van der Waals surface area contributed by atoms with Crippen LogP contribution in [0.25, 0.3) is 0 Å². The number of aryl methyl sites for hydroxylation is 1. The SMILES string of the molecule is CCCc1ccc(C(N)CSc2ncccc2Br)cc1. The monoisotopic (exact) mass is 350 g/mol. The first-order valence-electron chi connectivity index (χ1n) is 6.78. The quantitative estimate of drug-likeness (QED) is 0.774. The molecule has 0 spiro atoms. The number of halogens is 1. The first-order valence-corrected chi connectivity index (χ1v) is 8.56. The largest absolute Gasteiger partial charge is 0.323 e. The molecule has 1 unspecified atom stereocenters. The van der Waals surface area contributed by atoms with Crippen molar-refractivity contribution in [3.05, 3.63) is 58.2 Å². The Labute approximate surface area is 133 Å². The topological polar surface area (TPSA) is 38.9 Å². The van der Waals surface area contributed by atoms with E-state index < -0.39 is 0 Å². The molecule has 0 saturated heterocycles. The van der Waals surface area contributed by atoms with Gasteiger partial charge in [0, 0.05) is 22.5 Å². The van der Waals surface area contributed by atoms with Gasteiger partial charge in [-0.15, -0.1) is 11.8 Å². The molecule has 0 bridgehead atoms. The van der Waals surface area contributed by atoms with Crippen molar-refractivity contribution >= 4 is 27.7 Å². The third-order valence-corrected chi connectivity index (χ3v) is 5.10. The van der Waals surface area contributed by atoms with Gasteiger partial charge >= 0.3 is 0 Å². The van der Waals surface area contributed by atoms with Gasteiger partial charge in [0.2, 0.25) is 0 Å². The highest BCUT2D eigenvalue weighted by atomic mass is 79.9. The number of benzene rings is 1. The lowest BCUT2D eigenvalue weighted by Crippen LogP contribution is -2.13. The van der Waals surface area contributed by atoms with Crippen LogP contribution in [0.2, 0.25) is 0 Å². The summed E-state index contributed by atoms with van der Waals surface area (Å²) >= 11 is 5.19. The minimum Gasteiger partial charge on any atom is -0.323 e. The first-order chi connectivity index (χ1) is 9.70. The van der Waals surface area contributed by atoms with E-state index in [0.29, 0.717) is 0 Å². The zero-order valence-electron chi connectivity index (χ0n) is 11.6. The molecule has 0 aliphatic rings. The van der Waals surface area contributed by atoms with Gasteiger partial charge in [-0.25, -0.2) is 4.98 Å². The summed E-state index contributed by atoms with van der Waals surface area (Å²) in [7, 11) is 0. The highest BCUT2D eigenvalue weighted by Crippen LogP contribution is 2.27. The third kappa shape index (κ3) is 4.33. The van der Waals surface area contributed by atoms with Crippen LogP contribution in [0.1, 0.15) is 30.5 Å². The van der Waals surface area contributed by atoms with E-state index in [4.69, 9.17) is 5.73 Å². The molecule has 0 amide bonds. The number of thioether (sulfide) groups is 1. The number of aromatic nitrogens is 1. The number of hydrogen-bond donors (Lipinski definition) is 1. The Morgan fingerprint density at radius 1 is 1.25 bits per heavy atom. The minimum atomic E-state index is 0.0320. The molecule has 1 atom stereocenters. The van der Waals surface area contributed by atoms with Crippen molar-refractivity contribution in [1.82, 2.24) is 4.98 Å². The number of nitrogens with two attached hydrogens (primary N) is 1. The van der Waals surface area contributed by atoms with Gasteiger partial charge in [-0.05, 0) is 45.6 Å². The van der Waals surface area contributed by atoms with E-state index in [0.717, 1.165) is 21.7 Å². The highest BCUT2D eigenvalue weighted by Gasteiger charge is 2.09. The Balaban J connectivity index is 1.94.